The Balaban J connectivity index is 1.49. The summed E-state index contributed by atoms with van der Waals surface area (Å²) in [7, 11) is 0. The molecule has 1 aliphatic rings. The van der Waals surface area contributed by atoms with Crippen LogP contribution in [-0.4, -0.2) is 38.4 Å². The molecule has 2 aromatic heterocycles. The number of amides is 1. The van der Waals surface area contributed by atoms with Gasteiger partial charge in [0.1, 0.15) is 5.82 Å². The summed E-state index contributed by atoms with van der Waals surface area (Å²) < 4.78 is 2.18. The number of pyridine rings is 1. The van der Waals surface area contributed by atoms with E-state index in [-0.39, 0.29) is 5.91 Å². The SMILES string of the molecule is Cc1nccn1CC1CCCN(C(=O)c2ccc3ncccc3c2)C1. The van der Waals surface area contributed by atoms with Gasteiger partial charge in [0.2, 0.25) is 0 Å². The van der Waals surface area contributed by atoms with Crippen LogP contribution in [0.5, 0.6) is 0 Å². The number of benzene rings is 1. The third kappa shape index (κ3) is 3.27. The van der Waals surface area contributed by atoms with Crippen LogP contribution in [-0.2, 0) is 6.54 Å². The Morgan fingerprint density at radius 1 is 1.24 bits per heavy atom. The van der Waals surface area contributed by atoms with Crippen LogP contribution in [0.1, 0.15) is 29.0 Å². The van der Waals surface area contributed by atoms with Gasteiger partial charge in [-0.1, -0.05) is 6.07 Å². The van der Waals surface area contributed by atoms with Crippen LogP contribution in [0.3, 0.4) is 0 Å². The number of imidazole rings is 1. The Bertz CT molecular complexity index is 901. The van der Waals surface area contributed by atoms with Crippen molar-refractivity contribution >= 4 is 16.8 Å². The number of hydrogen-bond donors (Lipinski definition) is 0. The smallest absolute Gasteiger partial charge is 0.253 e. The molecule has 1 saturated heterocycles. The van der Waals surface area contributed by atoms with Crippen LogP contribution in [0.2, 0.25) is 0 Å². The van der Waals surface area contributed by atoms with Crippen molar-refractivity contribution < 1.29 is 4.79 Å². The fraction of sp³-hybridized carbons (Fsp3) is 0.350. The second-order valence-corrected chi connectivity index (χ2v) is 6.80. The van der Waals surface area contributed by atoms with Gasteiger partial charge in [0.15, 0.2) is 0 Å². The highest BCUT2D eigenvalue weighted by atomic mass is 16.2. The number of hydrogen-bond acceptors (Lipinski definition) is 3. The molecular formula is C20H22N4O. The first kappa shape index (κ1) is 15.8. The molecule has 4 rings (SSSR count). The molecule has 0 N–H and O–H groups in total. The van der Waals surface area contributed by atoms with E-state index in [9.17, 15) is 4.79 Å². The van der Waals surface area contributed by atoms with Crippen molar-refractivity contribution in [2.45, 2.75) is 26.3 Å². The number of rotatable bonds is 3. The average molecular weight is 334 g/mol. The summed E-state index contributed by atoms with van der Waals surface area (Å²) in [6, 6.07) is 9.68. The summed E-state index contributed by atoms with van der Waals surface area (Å²) in [4.78, 5) is 23.6. The number of carbonyl (C=O) groups is 1. The second kappa shape index (κ2) is 6.67. The molecule has 128 valence electrons. The van der Waals surface area contributed by atoms with Crippen molar-refractivity contribution in [3.8, 4) is 0 Å². The zero-order valence-electron chi connectivity index (χ0n) is 14.4. The minimum absolute atomic E-state index is 0.123. The highest BCUT2D eigenvalue weighted by molar-refractivity contribution is 5.98. The van der Waals surface area contributed by atoms with Gasteiger partial charge in [0.25, 0.3) is 5.91 Å². The number of piperidine rings is 1. The van der Waals surface area contributed by atoms with Crippen LogP contribution in [0.15, 0.2) is 48.9 Å². The van der Waals surface area contributed by atoms with Crippen molar-refractivity contribution in [1.29, 1.82) is 0 Å². The van der Waals surface area contributed by atoms with Crippen LogP contribution in [0.25, 0.3) is 10.9 Å². The maximum atomic E-state index is 12.9. The fourth-order valence-corrected chi connectivity index (χ4v) is 3.66. The van der Waals surface area contributed by atoms with Gasteiger partial charge in [-0.05, 0) is 49.9 Å². The van der Waals surface area contributed by atoms with Gasteiger partial charge in [0, 0.05) is 49.2 Å². The highest BCUT2D eigenvalue weighted by Gasteiger charge is 2.25. The normalized spacial score (nSPS) is 17.8. The van der Waals surface area contributed by atoms with E-state index in [1.165, 1.54) is 0 Å². The molecule has 1 aliphatic heterocycles. The Hall–Kier alpha value is -2.69. The van der Waals surface area contributed by atoms with E-state index in [1.54, 1.807) is 6.20 Å². The molecule has 0 bridgehead atoms. The second-order valence-electron chi connectivity index (χ2n) is 6.80. The van der Waals surface area contributed by atoms with E-state index >= 15 is 0 Å². The minimum Gasteiger partial charge on any atom is -0.338 e. The number of fused-ring (bicyclic) bond motifs is 1. The lowest BCUT2D eigenvalue weighted by atomic mass is 9.97. The first-order valence-corrected chi connectivity index (χ1v) is 8.82. The largest absolute Gasteiger partial charge is 0.338 e. The highest BCUT2D eigenvalue weighted by Crippen LogP contribution is 2.22. The van der Waals surface area contributed by atoms with Crippen LogP contribution >= 0.6 is 0 Å². The molecule has 0 radical (unpaired) electrons. The summed E-state index contributed by atoms with van der Waals surface area (Å²) in [5.41, 5.74) is 1.67. The molecule has 0 aliphatic carbocycles. The lowest BCUT2D eigenvalue weighted by Gasteiger charge is -2.33. The quantitative estimate of drug-likeness (QED) is 0.738. The molecule has 1 fully saturated rings. The minimum atomic E-state index is 0.123. The Kier molecular flexibility index (Phi) is 4.22. The Labute approximate surface area is 147 Å². The molecule has 25 heavy (non-hydrogen) atoms. The van der Waals surface area contributed by atoms with E-state index in [1.807, 2.05) is 54.5 Å². The molecule has 1 amide bonds. The van der Waals surface area contributed by atoms with E-state index in [2.05, 4.69) is 14.5 Å². The number of aromatic nitrogens is 3. The van der Waals surface area contributed by atoms with Crippen molar-refractivity contribution in [2.75, 3.05) is 13.1 Å². The molecule has 5 heteroatoms. The lowest BCUT2D eigenvalue weighted by Crippen LogP contribution is -2.41. The van der Waals surface area contributed by atoms with Gasteiger partial charge in [0.05, 0.1) is 5.52 Å². The molecule has 0 spiro atoms. The molecule has 1 atom stereocenters. The summed E-state index contributed by atoms with van der Waals surface area (Å²) in [5, 5.41) is 1.01. The summed E-state index contributed by atoms with van der Waals surface area (Å²) in [5.74, 6) is 1.64. The number of carbonyl (C=O) groups excluding carboxylic acids is 1. The van der Waals surface area contributed by atoms with E-state index in [0.29, 0.717) is 5.92 Å². The van der Waals surface area contributed by atoms with Gasteiger partial charge >= 0.3 is 0 Å². The summed E-state index contributed by atoms with van der Waals surface area (Å²) in [6.07, 6.45) is 7.84. The zero-order valence-corrected chi connectivity index (χ0v) is 14.4. The average Bonchev–Trinajstić information content (AvgIpc) is 3.05. The van der Waals surface area contributed by atoms with Gasteiger partial charge in [-0.3, -0.25) is 9.78 Å². The predicted molar refractivity (Wildman–Crippen MR) is 97.3 cm³/mol. The van der Waals surface area contributed by atoms with Crippen molar-refractivity contribution in [2.24, 2.45) is 5.92 Å². The lowest BCUT2D eigenvalue weighted by molar-refractivity contribution is 0.0662. The predicted octanol–water partition coefficient (Wildman–Crippen LogP) is 3.29. The number of likely N-dealkylation sites (tertiary alicyclic amines) is 1. The van der Waals surface area contributed by atoms with Crippen LogP contribution in [0.4, 0.5) is 0 Å². The van der Waals surface area contributed by atoms with Gasteiger partial charge in [-0.25, -0.2) is 4.98 Å². The van der Waals surface area contributed by atoms with Crippen molar-refractivity contribution in [3.05, 3.63) is 60.3 Å². The zero-order chi connectivity index (χ0) is 17.2. The van der Waals surface area contributed by atoms with E-state index in [4.69, 9.17) is 0 Å². The Morgan fingerprint density at radius 2 is 2.16 bits per heavy atom. The molecular weight excluding hydrogens is 312 g/mol. The van der Waals surface area contributed by atoms with Gasteiger partial charge in [-0.2, -0.15) is 0 Å². The molecule has 1 aromatic carbocycles. The number of nitrogens with zero attached hydrogens (tertiary/aromatic N) is 4. The topological polar surface area (TPSA) is 51.0 Å². The standard InChI is InChI=1S/C20H22N4O/c1-15-21-9-11-23(15)13-16-4-3-10-24(14-16)20(25)18-6-7-19-17(12-18)5-2-8-22-19/h2,5-9,11-12,16H,3-4,10,13-14H2,1H3. The first-order valence-electron chi connectivity index (χ1n) is 8.82. The third-order valence-electron chi connectivity index (χ3n) is 5.03. The molecule has 3 heterocycles. The maximum Gasteiger partial charge on any atom is 0.253 e. The molecule has 1 unspecified atom stereocenters. The molecule has 5 nitrogen and oxygen atoms in total. The maximum absolute atomic E-state index is 12.9. The third-order valence-corrected chi connectivity index (χ3v) is 5.03. The summed E-state index contributed by atoms with van der Waals surface area (Å²) in [6.45, 7) is 4.59. The molecule has 3 aromatic rings. The fourth-order valence-electron chi connectivity index (χ4n) is 3.66. The number of aryl methyl sites for hydroxylation is 1. The van der Waals surface area contributed by atoms with Crippen molar-refractivity contribution in [3.63, 3.8) is 0 Å². The van der Waals surface area contributed by atoms with Crippen LogP contribution in [0, 0.1) is 12.8 Å². The Morgan fingerprint density at radius 3 is 3.00 bits per heavy atom. The van der Waals surface area contributed by atoms with Crippen molar-refractivity contribution in [1.82, 2.24) is 19.4 Å². The van der Waals surface area contributed by atoms with E-state index < -0.39 is 0 Å². The van der Waals surface area contributed by atoms with Crippen LogP contribution < -0.4 is 0 Å². The van der Waals surface area contributed by atoms with Gasteiger partial charge in [-0.15, -0.1) is 0 Å². The monoisotopic (exact) mass is 334 g/mol. The summed E-state index contributed by atoms with van der Waals surface area (Å²) >= 11 is 0. The van der Waals surface area contributed by atoms with E-state index in [0.717, 1.165) is 54.8 Å². The molecule has 0 saturated carbocycles. The van der Waals surface area contributed by atoms with Gasteiger partial charge < -0.3 is 9.47 Å². The first-order chi connectivity index (χ1) is 12.2.